The number of nitrogens with zero attached hydrogens (tertiary/aromatic N) is 1. The Morgan fingerprint density at radius 1 is 1.71 bits per heavy atom. The van der Waals surface area contributed by atoms with Gasteiger partial charge in [0.15, 0.2) is 11.6 Å². The summed E-state index contributed by atoms with van der Waals surface area (Å²) in [5.74, 6) is 0.969. The van der Waals surface area contributed by atoms with Gasteiger partial charge in [0.25, 0.3) is 0 Å². The topological polar surface area (TPSA) is 48.1 Å². The fraction of sp³-hybridized carbons (Fsp3) is 0.300. The maximum atomic E-state index is 5.65. The molecule has 1 rings (SSSR count). The predicted octanol–water partition coefficient (Wildman–Crippen LogP) is 2.77. The van der Waals surface area contributed by atoms with Crippen molar-refractivity contribution in [3.8, 4) is 5.75 Å². The minimum Gasteiger partial charge on any atom is -0.482 e. The Labute approximate surface area is 92.1 Å². The van der Waals surface area contributed by atoms with Crippen molar-refractivity contribution in [1.82, 2.24) is 4.98 Å². The molecule has 0 aromatic carbocycles. The largest absolute Gasteiger partial charge is 0.482 e. The number of ether oxygens (including phenoxy) is 1. The maximum absolute atomic E-state index is 5.65. The van der Waals surface area contributed by atoms with E-state index in [0.29, 0.717) is 11.6 Å². The van der Waals surface area contributed by atoms with Gasteiger partial charge in [0.05, 0.1) is 0 Å². The van der Waals surface area contributed by atoms with Crippen LogP contribution in [0.2, 0.25) is 0 Å². The lowest BCUT2D eigenvalue weighted by Gasteiger charge is -2.15. The van der Waals surface area contributed by atoms with Gasteiger partial charge in [-0.05, 0) is 41.4 Å². The van der Waals surface area contributed by atoms with Gasteiger partial charge in [-0.25, -0.2) is 4.98 Å². The summed E-state index contributed by atoms with van der Waals surface area (Å²) in [6.45, 7) is 7.63. The summed E-state index contributed by atoms with van der Waals surface area (Å²) in [6.07, 6.45) is 1.57. The number of nitrogens with two attached hydrogens (primary N) is 1. The first-order chi connectivity index (χ1) is 6.50. The van der Waals surface area contributed by atoms with Crippen molar-refractivity contribution in [2.45, 2.75) is 20.0 Å². The standard InChI is InChI=1S/C10H13BrN2O/c1-6(2)7(3)14-9-4-8(11)5-13-10(9)12/h4-5,7H,1H2,2-3H3,(H2,12,13)/t7-/m1/s1. The van der Waals surface area contributed by atoms with Gasteiger partial charge < -0.3 is 10.5 Å². The van der Waals surface area contributed by atoms with Crippen molar-refractivity contribution in [3.63, 3.8) is 0 Å². The number of hydrogen-bond donors (Lipinski definition) is 1. The van der Waals surface area contributed by atoms with E-state index in [9.17, 15) is 0 Å². The molecule has 0 spiro atoms. The summed E-state index contributed by atoms with van der Waals surface area (Å²) in [5, 5.41) is 0. The molecule has 0 amide bonds. The van der Waals surface area contributed by atoms with E-state index in [1.54, 1.807) is 12.3 Å². The highest BCUT2D eigenvalue weighted by molar-refractivity contribution is 9.10. The molecule has 1 atom stereocenters. The van der Waals surface area contributed by atoms with Crippen LogP contribution in [0.3, 0.4) is 0 Å². The molecular weight excluding hydrogens is 244 g/mol. The van der Waals surface area contributed by atoms with E-state index < -0.39 is 0 Å². The Balaban J connectivity index is 2.85. The third-order valence-corrected chi connectivity index (χ3v) is 2.28. The van der Waals surface area contributed by atoms with Crippen LogP contribution in [-0.2, 0) is 0 Å². The molecule has 1 aromatic heterocycles. The van der Waals surface area contributed by atoms with Crippen LogP contribution < -0.4 is 10.5 Å². The van der Waals surface area contributed by atoms with E-state index in [2.05, 4.69) is 27.5 Å². The molecule has 0 radical (unpaired) electrons. The van der Waals surface area contributed by atoms with E-state index in [-0.39, 0.29) is 6.10 Å². The van der Waals surface area contributed by atoms with Gasteiger partial charge in [-0.15, -0.1) is 0 Å². The van der Waals surface area contributed by atoms with Crippen LogP contribution in [0.4, 0.5) is 5.82 Å². The number of pyridine rings is 1. The van der Waals surface area contributed by atoms with Gasteiger partial charge in [0, 0.05) is 10.7 Å². The molecule has 3 nitrogen and oxygen atoms in total. The fourth-order valence-electron chi connectivity index (χ4n) is 0.817. The molecule has 1 aromatic rings. The smallest absolute Gasteiger partial charge is 0.166 e. The average molecular weight is 257 g/mol. The fourth-order valence-corrected chi connectivity index (χ4v) is 1.13. The Hall–Kier alpha value is -1.03. The maximum Gasteiger partial charge on any atom is 0.166 e. The van der Waals surface area contributed by atoms with E-state index in [1.807, 2.05) is 13.8 Å². The van der Waals surface area contributed by atoms with Crippen molar-refractivity contribution in [1.29, 1.82) is 0 Å². The minimum atomic E-state index is -0.0617. The molecule has 76 valence electrons. The zero-order valence-corrected chi connectivity index (χ0v) is 9.84. The van der Waals surface area contributed by atoms with Crippen LogP contribution in [0, 0.1) is 0 Å². The first kappa shape index (κ1) is 11.0. The average Bonchev–Trinajstić information content (AvgIpc) is 2.11. The van der Waals surface area contributed by atoms with Crippen molar-refractivity contribution < 1.29 is 4.74 Å². The molecule has 0 fully saturated rings. The molecule has 0 aliphatic heterocycles. The van der Waals surface area contributed by atoms with Gasteiger partial charge in [0.1, 0.15) is 6.10 Å². The molecule has 0 saturated heterocycles. The quantitative estimate of drug-likeness (QED) is 0.847. The van der Waals surface area contributed by atoms with Gasteiger partial charge >= 0.3 is 0 Å². The molecule has 0 aliphatic carbocycles. The van der Waals surface area contributed by atoms with Crippen LogP contribution >= 0.6 is 15.9 Å². The molecule has 4 heteroatoms. The molecule has 0 saturated carbocycles. The molecule has 0 aliphatic rings. The number of rotatable bonds is 3. The lowest BCUT2D eigenvalue weighted by Crippen LogP contribution is -2.13. The van der Waals surface area contributed by atoms with E-state index in [1.165, 1.54) is 0 Å². The lowest BCUT2D eigenvalue weighted by molar-refractivity contribution is 0.258. The Morgan fingerprint density at radius 3 is 2.93 bits per heavy atom. The third kappa shape index (κ3) is 2.73. The van der Waals surface area contributed by atoms with Gasteiger partial charge in [0.2, 0.25) is 0 Å². The highest BCUT2D eigenvalue weighted by atomic mass is 79.9. The number of nitrogen functional groups attached to an aromatic ring is 1. The summed E-state index contributed by atoms with van der Waals surface area (Å²) >= 11 is 3.30. The SMILES string of the molecule is C=C(C)[C@@H](C)Oc1cc(Br)cnc1N. The molecule has 1 heterocycles. The monoisotopic (exact) mass is 256 g/mol. The second-order valence-corrected chi connectivity index (χ2v) is 4.06. The molecular formula is C10H13BrN2O. The van der Waals surface area contributed by atoms with Crippen LogP contribution in [0.25, 0.3) is 0 Å². The highest BCUT2D eigenvalue weighted by Crippen LogP contribution is 2.24. The van der Waals surface area contributed by atoms with Gasteiger partial charge in [-0.3, -0.25) is 0 Å². The Bertz CT molecular complexity index is 352. The summed E-state index contributed by atoms with van der Waals surface area (Å²) in [6, 6.07) is 1.79. The Kier molecular flexibility index (Phi) is 3.52. The van der Waals surface area contributed by atoms with Gasteiger partial charge in [-0.1, -0.05) is 6.58 Å². The second kappa shape index (κ2) is 4.46. The highest BCUT2D eigenvalue weighted by Gasteiger charge is 2.08. The summed E-state index contributed by atoms with van der Waals surface area (Å²) in [7, 11) is 0. The van der Waals surface area contributed by atoms with Crippen molar-refractivity contribution in [3.05, 3.63) is 28.9 Å². The van der Waals surface area contributed by atoms with E-state index in [0.717, 1.165) is 10.0 Å². The Morgan fingerprint density at radius 2 is 2.36 bits per heavy atom. The van der Waals surface area contributed by atoms with Crippen LogP contribution in [0.5, 0.6) is 5.75 Å². The molecule has 0 bridgehead atoms. The number of anilines is 1. The lowest BCUT2D eigenvalue weighted by atomic mass is 10.2. The van der Waals surface area contributed by atoms with E-state index in [4.69, 9.17) is 10.5 Å². The third-order valence-electron chi connectivity index (χ3n) is 1.85. The van der Waals surface area contributed by atoms with E-state index >= 15 is 0 Å². The van der Waals surface area contributed by atoms with Crippen molar-refractivity contribution in [2.24, 2.45) is 0 Å². The summed E-state index contributed by atoms with van der Waals surface area (Å²) in [4.78, 5) is 3.97. The number of halogens is 1. The zero-order valence-electron chi connectivity index (χ0n) is 8.25. The van der Waals surface area contributed by atoms with Gasteiger partial charge in [-0.2, -0.15) is 0 Å². The molecule has 14 heavy (non-hydrogen) atoms. The first-order valence-electron chi connectivity index (χ1n) is 4.23. The summed E-state index contributed by atoms with van der Waals surface area (Å²) < 4.78 is 6.41. The normalized spacial score (nSPS) is 12.2. The number of hydrogen-bond acceptors (Lipinski definition) is 3. The number of aromatic nitrogens is 1. The van der Waals surface area contributed by atoms with Crippen molar-refractivity contribution in [2.75, 3.05) is 5.73 Å². The van der Waals surface area contributed by atoms with Crippen LogP contribution in [0.1, 0.15) is 13.8 Å². The molecule has 0 unspecified atom stereocenters. The first-order valence-corrected chi connectivity index (χ1v) is 5.03. The van der Waals surface area contributed by atoms with Crippen molar-refractivity contribution >= 4 is 21.7 Å². The molecule has 2 N–H and O–H groups in total. The second-order valence-electron chi connectivity index (χ2n) is 3.14. The van der Waals surface area contributed by atoms with Crippen LogP contribution in [0.15, 0.2) is 28.9 Å². The minimum absolute atomic E-state index is 0.0617. The van der Waals surface area contributed by atoms with Crippen LogP contribution in [-0.4, -0.2) is 11.1 Å². The zero-order chi connectivity index (χ0) is 10.7. The predicted molar refractivity (Wildman–Crippen MR) is 61.3 cm³/mol. The summed E-state index contributed by atoms with van der Waals surface area (Å²) in [5.41, 5.74) is 6.60.